The van der Waals surface area contributed by atoms with Crippen molar-refractivity contribution < 1.29 is 4.79 Å². The Balaban J connectivity index is 2.17. The summed E-state index contributed by atoms with van der Waals surface area (Å²) in [6.45, 7) is 1.25. The van der Waals surface area contributed by atoms with E-state index in [1.54, 1.807) is 0 Å². The molecule has 0 aromatic rings. The molecule has 10 heavy (non-hydrogen) atoms. The van der Waals surface area contributed by atoms with Gasteiger partial charge in [0.1, 0.15) is 5.78 Å². The van der Waals surface area contributed by atoms with Crippen LogP contribution < -0.4 is 11.1 Å². The van der Waals surface area contributed by atoms with Gasteiger partial charge in [-0.1, -0.05) is 0 Å². The van der Waals surface area contributed by atoms with Crippen molar-refractivity contribution in [1.82, 2.24) is 5.32 Å². The van der Waals surface area contributed by atoms with Gasteiger partial charge in [0.15, 0.2) is 0 Å². The van der Waals surface area contributed by atoms with Crippen molar-refractivity contribution in [3.05, 3.63) is 0 Å². The minimum absolute atomic E-state index is 0.166. The van der Waals surface area contributed by atoms with Crippen LogP contribution in [0.4, 0.5) is 0 Å². The van der Waals surface area contributed by atoms with Crippen molar-refractivity contribution in [2.45, 2.75) is 25.3 Å². The zero-order chi connectivity index (χ0) is 7.40. The first kappa shape index (κ1) is 7.69. The fourth-order valence-electron chi connectivity index (χ4n) is 1.29. The molecule has 1 fully saturated rings. The van der Waals surface area contributed by atoms with Crippen LogP contribution in [0.1, 0.15) is 19.3 Å². The van der Waals surface area contributed by atoms with Crippen molar-refractivity contribution in [1.29, 1.82) is 0 Å². The minimum atomic E-state index is 0.166. The monoisotopic (exact) mass is 142 g/mol. The molecule has 3 nitrogen and oxygen atoms in total. The number of ketones is 1. The predicted octanol–water partition coefficient (Wildman–Crippen LogP) is -0.344. The van der Waals surface area contributed by atoms with Crippen molar-refractivity contribution in [3.63, 3.8) is 0 Å². The van der Waals surface area contributed by atoms with Gasteiger partial charge in [0.05, 0.1) is 6.54 Å². The van der Waals surface area contributed by atoms with Crippen LogP contribution in [0, 0.1) is 0 Å². The van der Waals surface area contributed by atoms with Crippen LogP contribution in [0.3, 0.4) is 0 Å². The SMILES string of the molecule is NCC(=O)C[C@H]1CCCN1. The Bertz CT molecular complexity index is 119. The Morgan fingerprint density at radius 1 is 1.70 bits per heavy atom. The smallest absolute Gasteiger partial charge is 0.147 e. The van der Waals surface area contributed by atoms with E-state index in [0.717, 1.165) is 13.0 Å². The Morgan fingerprint density at radius 2 is 2.50 bits per heavy atom. The molecule has 0 radical (unpaired) electrons. The average Bonchev–Trinajstić information content (AvgIpc) is 2.40. The number of carbonyl (C=O) groups excluding carboxylic acids is 1. The van der Waals surface area contributed by atoms with Crippen LogP contribution in [-0.4, -0.2) is 24.9 Å². The van der Waals surface area contributed by atoms with E-state index in [4.69, 9.17) is 5.73 Å². The second-order valence-electron chi connectivity index (χ2n) is 2.74. The Hall–Kier alpha value is -0.410. The van der Waals surface area contributed by atoms with Crippen LogP contribution in [0.15, 0.2) is 0 Å². The molecule has 0 aromatic carbocycles. The van der Waals surface area contributed by atoms with E-state index in [1.807, 2.05) is 0 Å². The lowest BCUT2D eigenvalue weighted by atomic mass is 10.1. The Labute approximate surface area is 61.0 Å². The summed E-state index contributed by atoms with van der Waals surface area (Å²) in [6, 6.07) is 0.413. The van der Waals surface area contributed by atoms with Crippen LogP contribution in [0.25, 0.3) is 0 Å². The minimum Gasteiger partial charge on any atom is -0.324 e. The lowest BCUT2D eigenvalue weighted by Gasteiger charge is -2.06. The molecule has 58 valence electrons. The van der Waals surface area contributed by atoms with E-state index >= 15 is 0 Å². The van der Waals surface area contributed by atoms with Crippen molar-refractivity contribution in [2.24, 2.45) is 5.73 Å². The molecule has 0 bridgehead atoms. The van der Waals surface area contributed by atoms with Gasteiger partial charge in [0.25, 0.3) is 0 Å². The van der Waals surface area contributed by atoms with E-state index in [2.05, 4.69) is 5.32 Å². The molecule has 1 atom stereocenters. The predicted molar refractivity (Wildman–Crippen MR) is 39.7 cm³/mol. The van der Waals surface area contributed by atoms with Gasteiger partial charge in [-0.3, -0.25) is 4.79 Å². The average molecular weight is 142 g/mol. The molecule has 1 heterocycles. The van der Waals surface area contributed by atoms with Crippen LogP contribution >= 0.6 is 0 Å². The van der Waals surface area contributed by atoms with Crippen molar-refractivity contribution >= 4 is 5.78 Å². The third kappa shape index (κ3) is 2.08. The lowest BCUT2D eigenvalue weighted by Crippen LogP contribution is -2.27. The molecule has 0 aliphatic carbocycles. The largest absolute Gasteiger partial charge is 0.324 e. The van der Waals surface area contributed by atoms with E-state index in [0.29, 0.717) is 12.5 Å². The fraction of sp³-hybridized carbons (Fsp3) is 0.857. The zero-order valence-electron chi connectivity index (χ0n) is 6.10. The fourth-order valence-corrected chi connectivity index (χ4v) is 1.29. The number of carbonyl (C=O) groups is 1. The molecule has 0 saturated carbocycles. The summed E-state index contributed by atoms with van der Waals surface area (Å²) >= 11 is 0. The number of Topliss-reactive ketones (excluding diaryl/α,β-unsaturated/α-hetero) is 1. The first-order chi connectivity index (χ1) is 4.83. The molecule has 3 heteroatoms. The molecule has 0 unspecified atom stereocenters. The van der Waals surface area contributed by atoms with Gasteiger partial charge >= 0.3 is 0 Å². The molecule has 1 aliphatic rings. The molecular weight excluding hydrogens is 128 g/mol. The van der Waals surface area contributed by atoms with Crippen molar-refractivity contribution in [3.8, 4) is 0 Å². The highest BCUT2D eigenvalue weighted by Crippen LogP contribution is 2.08. The highest BCUT2D eigenvalue weighted by Gasteiger charge is 2.16. The number of nitrogens with one attached hydrogen (secondary N) is 1. The molecular formula is C7H14N2O. The topological polar surface area (TPSA) is 55.1 Å². The summed E-state index contributed by atoms with van der Waals surface area (Å²) in [7, 11) is 0. The first-order valence-corrected chi connectivity index (χ1v) is 3.78. The lowest BCUT2D eigenvalue weighted by molar-refractivity contribution is -0.118. The normalized spacial score (nSPS) is 25.1. The third-order valence-corrected chi connectivity index (χ3v) is 1.86. The molecule has 1 saturated heterocycles. The van der Waals surface area contributed by atoms with Gasteiger partial charge in [-0.25, -0.2) is 0 Å². The van der Waals surface area contributed by atoms with Crippen LogP contribution in [0.5, 0.6) is 0 Å². The Kier molecular flexibility index (Phi) is 2.83. The highest BCUT2D eigenvalue weighted by molar-refractivity contribution is 5.80. The quantitative estimate of drug-likeness (QED) is 0.566. The summed E-state index contributed by atoms with van der Waals surface area (Å²) in [5.74, 6) is 0.166. The van der Waals surface area contributed by atoms with Gasteiger partial charge < -0.3 is 11.1 Å². The van der Waals surface area contributed by atoms with Gasteiger partial charge in [0, 0.05) is 12.5 Å². The maximum Gasteiger partial charge on any atom is 0.147 e. The highest BCUT2D eigenvalue weighted by atomic mass is 16.1. The Morgan fingerprint density at radius 3 is 3.00 bits per heavy atom. The van der Waals surface area contributed by atoms with E-state index < -0.39 is 0 Å². The molecule has 0 spiro atoms. The summed E-state index contributed by atoms with van der Waals surface area (Å²) in [5, 5.41) is 3.25. The van der Waals surface area contributed by atoms with E-state index in [1.165, 1.54) is 6.42 Å². The molecule has 1 rings (SSSR count). The number of rotatable bonds is 3. The molecule has 0 aromatic heterocycles. The van der Waals surface area contributed by atoms with E-state index in [-0.39, 0.29) is 12.3 Å². The standard InChI is InChI=1S/C7H14N2O/c8-5-7(10)4-6-2-1-3-9-6/h6,9H,1-5,8H2/t6-/m1/s1. The third-order valence-electron chi connectivity index (χ3n) is 1.86. The molecule has 1 aliphatic heterocycles. The summed E-state index contributed by atoms with van der Waals surface area (Å²) in [6.07, 6.45) is 2.95. The van der Waals surface area contributed by atoms with Gasteiger partial charge in [-0.05, 0) is 19.4 Å². The van der Waals surface area contributed by atoms with Crippen LogP contribution in [-0.2, 0) is 4.79 Å². The maximum atomic E-state index is 10.8. The molecule has 0 amide bonds. The zero-order valence-corrected chi connectivity index (χ0v) is 6.10. The first-order valence-electron chi connectivity index (χ1n) is 3.78. The van der Waals surface area contributed by atoms with E-state index in [9.17, 15) is 4.79 Å². The van der Waals surface area contributed by atoms with Gasteiger partial charge in [-0.2, -0.15) is 0 Å². The molecule has 3 N–H and O–H groups in total. The number of hydrogen-bond acceptors (Lipinski definition) is 3. The maximum absolute atomic E-state index is 10.8. The summed E-state index contributed by atoms with van der Waals surface area (Å²) in [4.78, 5) is 10.8. The summed E-state index contributed by atoms with van der Waals surface area (Å²) in [5.41, 5.74) is 5.17. The van der Waals surface area contributed by atoms with Gasteiger partial charge in [0.2, 0.25) is 0 Å². The number of nitrogens with two attached hydrogens (primary N) is 1. The van der Waals surface area contributed by atoms with Crippen molar-refractivity contribution in [2.75, 3.05) is 13.1 Å². The second kappa shape index (κ2) is 3.68. The second-order valence-corrected chi connectivity index (χ2v) is 2.74. The van der Waals surface area contributed by atoms with Crippen LogP contribution in [0.2, 0.25) is 0 Å². The number of hydrogen-bond donors (Lipinski definition) is 2. The van der Waals surface area contributed by atoms with Gasteiger partial charge in [-0.15, -0.1) is 0 Å². The summed E-state index contributed by atoms with van der Waals surface area (Å²) < 4.78 is 0.